The lowest BCUT2D eigenvalue weighted by atomic mass is 10.2. The monoisotopic (exact) mass is 296 g/mol. The topological polar surface area (TPSA) is 28.7 Å². The lowest BCUT2D eigenvalue weighted by Crippen LogP contribution is -1.79. The predicted molar refractivity (Wildman–Crippen MR) is 53.8 cm³/mol. The molecular formula is C7H3ClFIN2. The first-order valence-corrected chi connectivity index (χ1v) is 4.63. The van der Waals surface area contributed by atoms with Crippen molar-refractivity contribution in [2.24, 2.45) is 0 Å². The van der Waals surface area contributed by atoms with Crippen LogP contribution in [0.1, 0.15) is 0 Å². The second kappa shape index (κ2) is 2.85. The van der Waals surface area contributed by atoms with Gasteiger partial charge in [0.15, 0.2) is 0 Å². The molecule has 1 N–H and O–H groups in total. The van der Waals surface area contributed by atoms with Crippen LogP contribution in [-0.2, 0) is 0 Å². The van der Waals surface area contributed by atoms with Crippen molar-refractivity contribution < 1.29 is 4.39 Å². The van der Waals surface area contributed by atoms with E-state index in [2.05, 4.69) is 10.2 Å². The summed E-state index contributed by atoms with van der Waals surface area (Å²) >= 11 is 7.70. The maximum Gasteiger partial charge on any atom is 0.136 e. The molecule has 0 amide bonds. The summed E-state index contributed by atoms with van der Waals surface area (Å²) in [5.74, 6) is -0.337. The largest absolute Gasteiger partial charge is 0.266 e. The van der Waals surface area contributed by atoms with Gasteiger partial charge in [-0.25, -0.2) is 4.39 Å². The molecule has 12 heavy (non-hydrogen) atoms. The summed E-state index contributed by atoms with van der Waals surface area (Å²) in [5.41, 5.74) is 0.560. The van der Waals surface area contributed by atoms with Crippen LogP contribution in [0, 0.1) is 9.39 Å². The second-order valence-electron chi connectivity index (χ2n) is 2.32. The van der Waals surface area contributed by atoms with E-state index in [1.54, 1.807) is 6.07 Å². The quantitative estimate of drug-likeness (QED) is 0.744. The van der Waals surface area contributed by atoms with E-state index < -0.39 is 0 Å². The molecule has 0 saturated heterocycles. The summed E-state index contributed by atoms with van der Waals surface area (Å²) in [7, 11) is 0. The summed E-state index contributed by atoms with van der Waals surface area (Å²) in [4.78, 5) is 0. The smallest absolute Gasteiger partial charge is 0.136 e. The van der Waals surface area contributed by atoms with Gasteiger partial charge in [-0.3, -0.25) is 5.10 Å². The number of fused-ring (bicyclic) bond motifs is 1. The van der Waals surface area contributed by atoms with Crippen LogP contribution in [0.15, 0.2) is 12.1 Å². The Kier molecular flexibility index (Phi) is 1.96. The summed E-state index contributed by atoms with van der Waals surface area (Å²) < 4.78 is 14.0. The van der Waals surface area contributed by atoms with Gasteiger partial charge in [-0.05, 0) is 34.7 Å². The maximum absolute atomic E-state index is 13.2. The van der Waals surface area contributed by atoms with Crippen molar-refractivity contribution in [1.29, 1.82) is 0 Å². The van der Waals surface area contributed by atoms with Crippen molar-refractivity contribution in [2.45, 2.75) is 0 Å². The number of nitrogens with zero attached hydrogens (tertiary/aromatic N) is 1. The Morgan fingerprint density at radius 3 is 3.00 bits per heavy atom. The normalized spacial score (nSPS) is 10.9. The third-order valence-electron chi connectivity index (χ3n) is 1.53. The first kappa shape index (κ1) is 8.25. The number of aromatic amines is 1. The van der Waals surface area contributed by atoms with Crippen LogP contribution in [0.3, 0.4) is 0 Å². The Labute approximate surface area is 86.2 Å². The Hall–Kier alpha value is -0.360. The van der Waals surface area contributed by atoms with E-state index in [1.807, 2.05) is 22.6 Å². The molecule has 1 aromatic heterocycles. The van der Waals surface area contributed by atoms with E-state index >= 15 is 0 Å². The lowest BCUT2D eigenvalue weighted by molar-refractivity contribution is 0.639. The van der Waals surface area contributed by atoms with Crippen LogP contribution < -0.4 is 0 Å². The summed E-state index contributed by atoms with van der Waals surface area (Å²) in [5, 5.41) is 6.96. The summed E-state index contributed by atoms with van der Waals surface area (Å²) in [6, 6.07) is 3.19. The molecule has 0 aliphatic heterocycles. The standard InChI is InChI=1S/C7H3ClFIN2/c8-7-6-4(9)1-3(10)2-5(6)11-12-7/h1-2H,(H,11,12). The van der Waals surface area contributed by atoms with Gasteiger partial charge in [0.05, 0.1) is 10.9 Å². The number of hydrogen-bond acceptors (Lipinski definition) is 1. The minimum Gasteiger partial charge on any atom is -0.266 e. The first-order chi connectivity index (χ1) is 5.68. The first-order valence-electron chi connectivity index (χ1n) is 3.17. The van der Waals surface area contributed by atoms with Gasteiger partial charge in [0, 0.05) is 3.57 Å². The number of benzene rings is 1. The molecule has 62 valence electrons. The third-order valence-corrected chi connectivity index (χ3v) is 2.42. The molecule has 0 aliphatic rings. The zero-order chi connectivity index (χ0) is 8.72. The van der Waals surface area contributed by atoms with E-state index in [4.69, 9.17) is 11.6 Å². The molecule has 2 rings (SSSR count). The Morgan fingerprint density at radius 2 is 2.25 bits per heavy atom. The van der Waals surface area contributed by atoms with Crippen molar-refractivity contribution in [3.05, 3.63) is 26.7 Å². The Bertz CT molecular complexity index is 440. The van der Waals surface area contributed by atoms with Crippen molar-refractivity contribution in [3.8, 4) is 0 Å². The lowest BCUT2D eigenvalue weighted by Gasteiger charge is -1.92. The van der Waals surface area contributed by atoms with Crippen molar-refractivity contribution in [3.63, 3.8) is 0 Å². The molecule has 0 fully saturated rings. The predicted octanol–water partition coefficient (Wildman–Crippen LogP) is 2.96. The molecule has 0 bridgehead atoms. The van der Waals surface area contributed by atoms with Gasteiger partial charge in [-0.2, -0.15) is 5.10 Å². The van der Waals surface area contributed by atoms with E-state index in [1.165, 1.54) is 6.07 Å². The van der Waals surface area contributed by atoms with E-state index in [0.717, 1.165) is 3.57 Å². The highest BCUT2D eigenvalue weighted by molar-refractivity contribution is 14.1. The zero-order valence-electron chi connectivity index (χ0n) is 5.74. The van der Waals surface area contributed by atoms with Gasteiger partial charge in [0.1, 0.15) is 11.0 Å². The number of nitrogens with one attached hydrogen (secondary N) is 1. The maximum atomic E-state index is 13.2. The molecule has 0 saturated carbocycles. The molecular weight excluding hydrogens is 293 g/mol. The number of aromatic nitrogens is 2. The molecule has 2 aromatic rings. The van der Waals surface area contributed by atoms with Crippen LogP contribution >= 0.6 is 34.2 Å². The SMILES string of the molecule is Fc1cc(I)cc2n[nH]c(Cl)c12. The summed E-state index contributed by atoms with van der Waals surface area (Å²) in [6.45, 7) is 0. The van der Waals surface area contributed by atoms with Crippen molar-refractivity contribution in [1.82, 2.24) is 10.2 Å². The van der Waals surface area contributed by atoms with Gasteiger partial charge >= 0.3 is 0 Å². The number of halogens is 3. The Balaban J connectivity index is 2.93. The van der Waals surface area contributed by atoms with Crippen LogP contribution in [0.25, 0.3) is 10.9 Å². The highest BCUT2D eigenvalue weighted by Crippen LogP contribution is 2.25. The van der Waals surface area contributed by atoms with Gasteiger partial charge in [-0.1, -0.05) is 11.6 Å². The molecule has 2 nitrogen and oxygen atoms in total. The van der Waals surface area contributed by atoms with E-state index in [9.17, 15) is 4.39 Å². The van der Waals surface area contributed by atoms with E-state index in [-0.39, 0.29) is 11.0 Å². The highest BCUT2D eigenvalue weighted by atomic mass is 127. The number of hydrogen-bond donors (Lipinski definition) is 1. The number of rotatable bonds is 0. The fourth-order valence-electron chi connectivity index (χ4n) is 1.03. The molecule has 0 atom stereocenters. The van der Waals surface area contributed by atoms with Gasteiger partial charge in [0.25, 0.3) is 0 Å². The van der Waals surface area contributed by atoms with Crippen molar-refractivity contribution >= 4 is 45.1 Å². The fourth-order valence-corrected chi connectivity index (χ4v) is 1.83. The zero-order valence-corrected chi connectivity index (χ0v) is 8.65. The van der Waals surface area contributed by atoms with Crippen LogP contribution in [0.2, 0.25) is 5.15 Å². The Morgan fingerprint density at radius 1 is 1.50 bits per heavy atom. The third kappa shape index (κ3) is 1.19. The molecule has 5 heteroatoms. The minimum absolute atomic E-state index is 0.249. The molecule has 0 aliphatic carbocycles. The van der Waals surface area contributed by atoms with Crippen LogP contribution in [0.5, 0.6) is 0 Å². The average molecular weight is 296 g/mol. The summed E-state index contributed by atoms with van der Waals surface area (Å²) in [6.07, 6.45) is 0. The molecule has 0 radical (unpaired) electrons. The van der Waals surface area contributed by atoms with Gasteiger partial charge < -0.3 is 0 Å². The average Bonchev–Trinajstić information content (AvgIpc) is 2.31. The van der Waals surface area contributed by atoms with Crippen molar-refractivity contribution in [2.75, 3.05) is 0 Å². The molecule has 1 aromatic carbocycles. The molecule has 0 spiro atoms. The molecule has 0 unspecified atom stereocenters. The van der Waals surface area contributed by atoms with E-state index in [0.29, 0.717) is 10.9 Å². The van der Waals surface area contributed by atoms with Gasteiger partial charge in [-0.15, -0.1) is 0 Å². The minimum atomic E-state index is -0.337. The van der Waals surface area contributed by atoms with Crippen LogP contribution in [0.4, 0.5) is 4.39 Å². The highest BCUT2D eigenvalue weighted by Gasteiger charge is 2.08. The molecule has 1 heterocycles. The fraction of sp³-hybridized carbons (Fsp3) is 0. The van der Waals surface area contributed by atoms with Crippen LogP contribution in [-0.4, -0.2) is 10.2 Å². The van der Waals surface area contributed by atoms with Gasteiger partial charge in [0.2, 0.25) is 0 Å². The second-order valence-corrected chi connectivity index (χ2v) is 3.94. The number of H-pyrrole nitrogens is 1.